The molecule has 1 aromatic heterocycles. The summed E-state index contributed by atoms with van der Waals surface area (Å²) < 4.78 is 0. The smallest absolute Gasteiger partial charge is 0.227 e. The van der Waals surface area contributed by atoms with Gasteiger partial charge in [0.1, 0.15) is 0 Å². The zero-order valence-corrected chi connectivity index (χ0v) is 15.2. The van der Waals surface area contributed by atoms with Crippen molar-refractivity contribution in [2.75, 3.05) is 20.1 Å². The van der Waals surface area contributed by atoms with Crippen LogP contribution in [0.3, 0.4) is 0 Å². The first-order valence-electron chi connectivity index (χ1n) is 8.84. The van der Waals surface area contributed by atoms with E-state index in [4.69, 9.17) is 0 Å². The highest BCUT2D eigenvalue weighted by Crippen LogP contribution is 2.27. The molecule has 2 atom stereocenters. The summed E-state index contributed by atoms with van der Waals surface area (Å²) in [6.45, 7) is 7.59. The van der Waals surface area contributed by atoms with Gasteiger partial charge in [0.25, 0.3) is 0 Å². The molecule has 0 aliphatic carbocycles. The molecular weight excluding hydrogens is 302 g/mol. The number of likely N-dealkylation sites (N-methyl/N-ethyl adjacent to an activating group) is 1. The van der Waals surface area contributed by atoms with Crippen LogP contribution in [0.25, 0.3) is 0 Å². The van der Waals surface area contributed by atoms with Crippen molar-refractivity contribution in [3.8, 4) is 0 Å². The molecule has 1 aliphatic heterocycles. The van der Waals surface area contributed by atoms with Crippen molar-refractivity contribution >= 4 is 11.8 Å². The van der Waals surface area contributed by atoms with Gasteiger partial charge >= 0.3 is 0 Å². The SMILES string of the molecule is CC(C)CN1C(=O)CC[C@@H](C(=O)N(C)CCc2ccccn2)[C@H]1C. The second-order valence-corrected chi connectivity index (χ2v) is 7.16. The number of likely N-dealkylation sites (tertiary alicyclic amines) is 1. The molecule has 1 aliphatic rings. The van der Waals surface area contributed by atoms with Crippen molar-refractivity contribution in [2.45, 2.75) is 46.1 Å². The van der Waals surface area contributed by atoms with Crippen LogP contribution in [-0.2, 0) is 16.0 Å². The molecule has 5 nitrogen and oxygen atoms in total. The normalized spacial score (nSPS) is 21.2. The van der Waals surface area contributed by atoms with Crippen LogP contribution in [0.5, 0.6) is 0 Å². The van der Waals surface area contributed by atoms with E-state index in [1.165, 1.54) is 0 Å². The molecule has 0 unspecified atom stereocenters. The summed E-state index contributed by atoms with van der Waals surface area (Å²) in [5.41, 5.74) is 0.991. The lowest BCUT2D eigenvalue weighted by molar-refractivity contribution is -0.146. The molecule has 0 aromatic carbocycles. The number of hydrogen-bond acceptors (Lipinski definition) is 3. The number of amides is 2. The first kappa shape index (κ1) is 18.4. The van der Waals surface area contributed by atoms with Gasteiger partial charge in [-0.1, -0.05) is 19.9 Å². The number of aromatic nitrogens is 1. The molecule has 5 heteroatoms. The van der Waals surface area contributed by atoms with E-state index in [0.717, 1.165) is 18.7 Å². The van der Waals surface area contributed by atoms with E-state index in [-0.39, 0.29) is 23.8 Å². The van der Waals surface area contributed by atoms with E-state index < -0.39 is 0 Å². The highest BCUT2D eigenvalue weighted by atomic mass is 16.2. The first-order valence-corrected chi connectivity index (χ1v) is 8.84. The minimum atomic E-state index is -0.102. The van der Waals surface area contributed by atoms with Crippen molar-refractivity contribution in [3.63, 3.8) is 0 Å². The van der Waals surface area contributed by atoms with E-state index in [1.54, 1.807) is 11.1 Å². The van der Waals surface area contributed by atoms with E-state index in [1.807, 2.05) is 37.1 Å². The van der Waals surface area contributed by atoms with Crippen LogP contribution < -0.4 is 0 Å². The molecule has 1 saturated heterocycles. The number of hydrogen-bond donors (Lipinski definition) is 0. The van der Waals surface area contributed by atoms with Crippen LogP contribution in [0.2, 0.25) is 0 Å². The lowest BCUT2D eigenvalue weighted by Gasteiger charge is -2.40. The monoisotopic (exact) mass is 331 g/mol. The van der Waals surface area contributed by atoms with E-state index >= 15 is 0 Å². The highest BCUT2D eigenvalue weighted by Gasteiger charge is 2.38. The molecule has 0 N–H and O–H groups in total. The fourth-order valence-electron chi connectivity index (χ4n) is 3.32. The third-order valence-electron chi connectivity index (χ3n) is 4.75. The van der Waals surface area contributed by atoms with Crippen molar-refractivity contribution < 1.29 is 9.59 Å². The van der Waals surface area contributed by atoms with Gasteiger partial charge in [0.15, 0.2) is 0 Å². The molecule has 0 radical (unpaired) electrons. The molecule has 132 valence electrons. The number of nitrogens with zero attached hydrogens (tertiary/aromatic N) is 3. The summed E-state index contributed by atoms with van der Waals surface area (Å²) >= 11 is 0. The van der Waals surface area contributed by atoms with Crippen molar-refractivity contribution in [1.82, 2.24) is 14.8 Å². The summed E-state index contributed by atoms with van der Waals surface area (Å²) in [4.78, 5) is 33.0. The highest BCUT2D eigenvalue weighted by molar-refractivity contribution is 5.84. The van der Waals surface area contributed by atoms with Gasteiger partial charge in [-0.15, -0.1) is 0 Å². The Balaban J connectivity index is 1.96. The largest absolute Gasteiger partial charge is 0.345 e. The van der Waals surface area contributed by atoms with Crippen molar-refractivity contribution in [1.29, 1.82) is 0 Å². The predicted molar refractivity (Wildman–Crippen MR) is 94.3 cm³/mol. The topological polar surface area (TPSA) is 53.5 Å². The Morgan fingerprint density at radius 2 is 2.17 bits per heavy atom. The van der Waals surface area contributed by atoms with Crippen molar-refractivity contribution in [3.05, 3.63) is 30.1 Å². The zero-order valence-electron chi connectivity index (χ0n) is 15.2. The Morgan fingerprint density at radius 3 is 2.79 bits per heavy atom. The third-order valence-corrected chi connectivity index (χ3v) is 4.75. The Hall–Kier alpha value is -1.91. The Labute approximate surface area is 145 Å². The number of piperidine rings is 1. The Bertz CT molecular complexity index is 559. The summed E-state index contributed by atoms with van der Waals surface area (Å²) in [5, 5.41) is 0. The lowest BCUT2D eigenvalue weighted by Crippen LogP contribution is -2.53. The molecule has 24 heavy (non-hydrogen) atoms. The van der Waals surface area contributed by atoms with E-state index in [9.17, 15) is 9.59 Å². The second kappa shape index (κ2) is 8.27. The molecule has 1 aromatic rings. The Morgan fingerprint density at radius 1 is 1.42 bits per heavy atom. The first-order chi connectivity index (χ1) is 11.4. The van der Waals surface area contributed by atoms with Gasteiger partial charge in [-0.3, -0.25) is 14.6 Å². The Kier molecular flexibility index (Phi) is 6.35. The van der Waals surface area contributed by atoms with Crippen LogP contribution in [0.1, 0.15) is 39.3 Å². The van der Waals surface area contributed by atoms with Crippen LogP contribution in [-0.4, -0.2) is 52.8 Å². The van der Waals surface area contributed by atoms with Crippen molar-refractivity contribution in [2.24, 2.45) is 11.8 Å². The molecule has 2 amide bonds. The minimum absolute atomic E-state index is 0.0292. The maximum Gasteiger partial charge on any atom is 0.227 e. The summed E-state index contributed by atoms with van der Waals surface area (Å²) in [5.74, 6) is 0.624. The molecule has 2 rings (SSSR count). The molecule has 0 spiro atoms. The predicted octanol–water partition coefficient (Wildman–Crippen LogP) is 2.37. The van der Waals surface area contributed by atoms with E-state index in [2.05, 4.69) is 18.8 Å². The average molecular weight is 331 g/mol. The lowest BCUT2D eigenvalue weighted by atomic mass is 9.88. The third kappa shape index (κ3) is 4.56. The fraction of sp³-hybridized carbons (Fsp3) is 0.632. The summed E-state index contributed by atoms with van der Waals surface area (Å²) in [7, 11) is 1.85. The van der Waals surface area contributed by atoms with Crippen LogP contribution >= 0.6 is 0 Å². The number of carbonyl (C=O) groups is 2. The molecule has 0 bridgehead atoms. The molecule has 1 fully saturated rings. The van der Waals surface area contributed by atoms with Gasteiger partial charge in [-0.25, -0.2) is 0 Å². The minimum Gasteiger partial charge on any atom is -0.345 e. The summed E-state index contributed by atoms with van der Waals surface area (Å²) in [6.07, 6.45) is 3.65. The average Bonchev–Trinajstić information content (AvgIpc) is 2.56. The van der Waals surface area contributed by atoms with Gasteiger partial charge in [0, 0.05) is 50.9 Å². The van der Waals surface area contributed by atoms with E-state index in [0.29, 0.717) is 25.3 Å². The van der Waals surface area contributed by atoms with Crippen LogP contribution in [0, 0.1) is 11.8 Å². The molecule has 0 saturated carbocycles. The second-order valence-electron chi connectivity index (χ2n) is 7.16. The van der Waals surface area contributed by atoms with Gasteiger partial charge in [0.2, 0.25) is 11.8 Å². The summed E-state index contributed by atoms with van der Waals surface area (Å²) in [6, 6.07) is 5.80. The van der Waals surface area contributed by atoms with Crippen LogP contribution in [0.15, 0.2) is 24.4 Å². The molecule has 2 heterocycles. The number of carbonyl (C=O) groups excluding carboxylic acids is 2. The van der Waals surface area contributed by atoms with Gasteiger partial charge < -0.3 is 9.80 Å². The zero-order chi connectivity index (χ0) is 17.7. The van der Waals surface area contributed by atoms with Gasteiger partial charge in [-0.2, -0.15) is 0 Å². The van der Waals surface area contributed by atoms with Gasteiger partial charge in [-0.05, 0) is 31.4 Å². The quantitative estimate of drug-likeness (QED) is 0.804. The number of pyridine rings is 1. The van der Waals surface area contributed by atoms with Gasteiger partial charge in [0.05, 0.1) is 5.92 Å². The fourth-order valence-corrected chi connectivity index (χ4v) is 3.32. The maximum atomic E-state index is 12.8. The standard InChI is InChI=1S/C19H29N3O2/c1-14(2)13-22-15(3)17(8-9-18(22)23)19(24)21(4)12-10-16-7-5-6-11-20-16/h5-7,11,14-15,17H,8-10,12-13H2,1-4H3/t15-,17-/m1/s1. The van der Waals surface area contributed by atoms with Crippen LogP contribution in [0.4, 0.5) is 0 Å². The number of rotatable bonds is 6. The maximum absolute atomic E-state index is 12.8. The molecular formula is C19H29N3O2.